The molecule has 254 valence electrons. The number of aryl methyl sites for hydroxylation is 1. The Balaban J connectivity index is 1.77. The van der Waals surface area contributed by atoms with Gasteiger partial charge in [0.25, 0.3) is 0 Å². The molecule has 3 aromatic carbocycles. The number of rotatable bonds is 13. The molecule has 0 fully saturated rings. The molecule has 0 heterocycles. The number of unbranched alkanes of at least 4 members (excludes halogenated alkanes) is 1. The summed E-state index contributed by atoms with van der Waals surface area (Å²) in [6.07, 6.45) is -8.56. The van der Waals surface area contributed by atoms with Gasteiger partial charge < -0.3 is 37.9 Å². The zero-order valence-electron chi connectivity index (χ0n) is 25.0. The number of hydrogen-bond acceptors (Lipinski definition) is 6. The molecule has 47 heavy (non-hydrogen) atoms. The van der Waals surface area contributed by atoms with Crippen molar-refractivity contribution in [2.24, 2.45) is 22.2 Å². The fourth-order valence-electron chi connectivity index (χ4n) is 4.11. The van der Waals surface area contributed by atoms with E-state index in [0.29, 0.717) is 18.4 Å². The third-order valence-electron chi connectivity index (χ3n) is 6.14. The monoisotopic (exact) mass is 685 g/mol. The van der Waals surface area contributed by atoms with E-state index in [4.69, 9.17) is 21.9 Å². The highest BCUT2D eigenvalue weighted by molar-refractivity contribution is 7.99. The maximum atomic E-state index is 13.8. The second-order valence-corrected chi connectivity index (χ2v) is 11.2. The number of carbonyl (C=O) groups is 2. The van der Waals surface area contributed by atoms with Gasteiger partial charge in [-0.2, -0.15) is 26.3 Å². The largest absolute Gasteiger partial charge is 0.457 e. The first-order chi connectivity index (χ1) is 22.0. The molecular formula is C30H33F6N7O3S. The van der Waals surface area contributed by atoms with Crippen molar-refractivity contribution in [2.45, 2.75) is 43.4 Å². The van der Waals surface area contributed by atoms with Crippen LogP contribution >= 0.6 is 11.8 Å². The SMILES string of the molecule is Cc1cc(Oc2ccc(NC(=O)Nc3cc(C(F)(F)F)cc(NC(=O)CCCCN=C(N)N)c3SCCN)cc2)cc(C(F)(F)F)c1. The molecule has 9 N–H and O–H groups in total. The number of thioether (sulfide) groups is 1. The van der Waals surface area contributed by atoms with Crippen molar-refractivity contribution < 1.29 is 40.7 Å². The lowest BCUT2D eigenvalue weighted by Gasteiger charge is -2.19. The normalized spacial score (nSPS) is 11.5. The van der Waals surface area contributed by atoms with E-state index in [9.17, 15) is 35.9 Å². The quantitative estimate of drug-likeness (QED) is 0.0374. The Hall–Kier alpha value is -4.64. The predicted molar refractivity (Wildman–Crippen MR) is 170 cm³/mol. The first-order valence-corrected chi connectivity index (χ1v) is 15.0. The number of hydrogen-bond donors (Lipinski definition) is 6. The van der Waals surface area contributed by atoms with Gasteiger partial charge in [-0.05, 0) is 79.9 Å². The Kier molecular flexibility index (Phi) is 12.7. The summed E-state index contributed by atoms with van der Waals surface area (Å²) in [5.41, 5.74) is 14.3. The lowest BCUT2D eigenvalue weighted by Crippen LogP contribution is -2.23. The van der Waals surface area contributed by atoms with Gasteiger partial charge in [-0.25, -0.2) is 4.79 Å². The molecule has 0 bridgehead atoms. The Bertz CT molecular complexity index is 1580. The zero-order chi connectivity index (χ0) is 34.8. The molecule has 0 aliphatic rings. The number of aliphatic imine (C=N–C) groups is 1. The van der Waals surface area contributed by atoms with Crippen LogP contribution in [-0.4, -0.2) is 36.7 Å². The highest BCUT2D eigenvalue weighted by Gasteiger charge is 2.33. The number of urea groups is 1. The van der Waals surface area contributed by atoms with Crippen molar-refractivity contribution in [2.75, 3.05) is 34.8 Å². The Labute approximate surface area is 270 Å². The van der Waals surface area contributed by atoms with E-state index in [2.05, 4.69) is 20.9 Å². The maximum Gasteiger partial charge on any atom is 0.416 e. The number of nitrogens with one attached hydrogen (secondary N) is 3. The van der Waals surface area contributed by atoms with E-state index in [1.807, 2.05) is 0 Å². The summed E-state index contributed by atoms with van der Waals surface area (Å²) >= 11 is 1.04. The third-order valence-corrected chi connectivity index (χ3v) is 7.30. The fraction of sp³-hybridized carbons (Fsp3) is 0.300. The maximum absolute atomic E-state index is 13.8. The topological polar surface area (TPSA) is 170 Å². The smallest absolute Gasteiger partial charge is 0.416 e. The number of amides is 3. The average molecular weight is 686 g/mol. The fourth-order valence-corrected chi connectivity index (χ4v) is 4.96. The van der Waals surface area contributed by atoms with Crippen LogP contribution in [0, 0.1) is 6.92 Å². The van der Waals surface area contributed by atoms with Gasteiger partial charge in [0.1, 0.15) is 11.5 Å². The summed E-state index contributed by atoms with van der Waals surface area (Å²) in [7, 11) is 0. The molecule has 0 saturated heterocycles. The van der Waals surface area contributed by atoms with Crippen LogP contribution in [0.3, 0.4) is 0 Å². The van der Waals surface area contributed by atoms with E-state index in [1.165, 1.54) is 37.3 Å². The number of guanidine groups is 1. The molecule has 3 amide bonds. The first-order valence-electron chi connectivity index (χ1n) is 14.0. The summed E-state index contributed by atoms with van der Waals surface area (Å²) in [6.45, 7) is 1.93. The van der Waals surface area contributed by atoms with Crippen LogP contribution in [0.2, 0.25) is 0 Å². The Morgan fingerprint density at radius 2 is 1.45 bits per heavy atom. The molecule has 0 radical (unpaired) electrons. The molecule has 0 aromatic heterocycles. The van der Waals surface area contributed by atoms with Gasteiger partial charge in [-0.15, -0.1) is 11.8 Å². The zero-order valence-corrected chi connectivity index (χ0v) is 25.8. The Morgan fingerprint density at radius 3 is 2.04 bits per heavy atom. The summed E-state index contributed by atoms with van der Waals surface area (Å²) in [6, 6.07) is 9.46. The van der Waals surface area contributed by atoms with Crippen LogP contribution < -0.4 is 37.9 Å². The predicted octanol–water partition coefficient (Wildman–Crippen LogP) is 6.90. The molecule has 10 nitrogen and oxygen atoms in total. The van der Waals surface area contributed by atoms with Crippen LogP contribution in [0.1, 0.15) is 36.0 Å². The van der Waals surface area contributed by atoms with Crippen molar-refractivity contribution in [1.29, 1.82) is 0 Å². The standard InChI is InChI=1S/C30H33F6N7O3S/c1-17-12-18(29(31,32)33)14-22(13-17)46-21-7-5-20(6-8-21)41-28(45)43-24-16-19(30(34,35)36)15-23(26(24)47-11-9-37)42-25(44)4-2-3-10-40-27(38)39/h5-8,12-16H,2-4,9-11,37H2,1H3,(H,42,44)(H4,38,39,40)(H2,41,43,45). The highest BCUT2D eigenvalue weighted by Crippen LogP contribution is 2.41. The number of benzene rings is 3. The molecule has 0 unspecified atom stereocenters. The number of carbonyl (C=O) groups excluding carboxylic acids is 2. The minimum atomic E-state index is -4.81. The lowest BCUT2D eigenvalue weighted by molar-refractivity contribution is -0.138. The van der Waals surface area contributed by atoms with E-state index >= 15 is 0 Å². The minimum Gasteiger partial charge on any atom is -0.457 e. The molecule has 0 spiro atoms. The van der Waals surface area contributed by atoms with E-state index < -0.39 is 35.4 Å². The van der Waals surface area contributed by atoms with Crippen molar-refractivity contribution >= 4 is 46.7 Å². The number of halogens is 6. The summed E-state index contributed by atoms with van der Waals surface area (Å²) in [4.78, 5) is 29.5. The minimum absolute atomic E-state index is 0.0203. The third kappa shape index (κ3) is 11.9. The molecule has 0 saturated carbocycles. The Morgan fingerprint density at radius 1 is 0.830 bits per heavy atom. The average Bonchev–Trinajstić information content (AvgIpc) is 2.96. The second kappa shape index (κ2) is 16.3. The molecule has 0 aliphatic heterocycles. The summed E-state index contributed by atoms with van der Waals surface area (Å²) < 4.78 is 86.5. The van der Waals surface area contributed by atoms with E-state index in [0.717, 1.165) is 36.0 Å². The summed E-state index contributed by atoms with van der Waals surface area (Å²) in [5.74, 6) is -0.266. The van der Waals surface area contributed by atoms with Gasteiger partial charge in [0.2, 0.25) is 5.91 Å². The summed E-state index contributed by atoms with van der Waals surface area (Å²) in [5, 5.41) is 7.39. The van der Waals surface area contributed by atoms with Gasteiger partial charge in [0.15, 0.2) is 5.96 Å². The molecular weight excluding hydrogens is 652 g/mol. The van der Waals surface area contributed by atoms with E-state index in [1.54, 1.807) is 0 Å². The number of nitrogens with zero attached hydrogens (tertiary/aromatic N) is 1. The van der Waals surface area contributed by atoms with E-state index in [-0.39, 0.29) is 64.7 Å². The van der Waals surface area contributed by atoms with Crippen LogP contribution in [0.15, 0.2) is 64.5 Å². The van der Waals surface area contributed by atoms with Crippen molar-refractivity contribution in [3.8, 4) is 11.5 Å². The van der Waals surface area contributed by atoms with Gasteiger partial charge in [-0.3, -0.25) is 9.79 Å². The molecule has 0 aliphatic carbocycles. The highest BCUT2D eigenvalue weighted by atomic mass is 32.2. The van der Waals surface area contributed by atoms with Crippen LogP contribution in [0.5, 0.6) is 11.5 Å². The van der Waals surface area contributed by atoms with Crippen molar-refractivity contribution in [1.82, 2.24) is 0 Å². The number of ether oxygens (including phenoxy) is 1. The molecule has 3 rings (SSSR count). The van der Waals surface area contributed by atoms with Crippen LogP contribution in [-0.2, 0) is 17.1 Å². The van der Waals surface area contributed by atoms with Crippen LogP contribution in [0.25, 0.3) is 0 Å². The van der Waals surface area contributed by atoms with Gasteiger partial charge in [-0.1, -0.05) is 0 Å². The number of nitrogens with two attached hydrogens (primary N) is 3. The lowest BCUT2D eigenvalue weighted by atomic mass is 10.1. The van der Waals surface area contributed by atoms with Gasteiger partial charge in [0.05, 0.1) is 27.4 Å². The number of alkyl halides is 6. The van der Waals surface area contributed by atoms with Crippen molar-refractivity contribution in [3.05, 3.63) is 71.3 Å². The number of anilines is 3. The second-order valence-electron chi connectivity index (χ2n) is 10.1. The van der Waals surface area contributed by atoms with Gasteiger partial charge in [0, 0.05) is 31.0 Å². The van der Waals surface area contributed by atoms with Crippen molar-refractivity contribution in [3.63, 3.8) is 0 Å². The van der Waals surface area contributed by atoms with Gasteiger partial charge >= 0.3 is 18.4 Å². The first kappa shape index (κ1) is 36.8. The van der Waals surface area contributed by atoms with Crippen LogP contribution in [0.4, 0.5) is 48.2 Å². The molecule has 17 heteroatoms. The molecule has 0 atom stereocenters. The molecule has 3 aromatic rings.